The van der Waals surface area contributed by atoms with Crippen molar-refractivity contribution in [1.29, 1.82) is 0 Å². The Kier molecular flexibility index (Phi) is 13.3. The van der Waals surface area contributed by atoms with E-state index in [9.17, 15) is 0 Å². The van der Waals surface area contributed by atoms with E-state index in [2.05, 4.69) is 55.2 Å². The van der Waals surface area contributed by atoms with Crippen LogP contribution in [-0.4, -0.2) is 23.0 Å². The van der Waals surface area contributed by atoms with Gasteiger partial charge in [-0.05, 0) is 169 Å². The van der Waals surface area contributed by atoms with E-state index in [0.717, 1.165) is 65.5 Å². The molecule has 0 bridgehead atoms. The van der Waals surface area contributed by atoms with Crippen LogP contribution in [0.5, 0.6) is 0 Å². The van der Waals surface area contributed by atoms with Gasteiger partial charge in [-0.15, -0.1) is 0 Å². The molecule has 0 aromatic carbocycles. The molecule has 6 fully saturated rings. The molecule has 0 aromatic rings. The van der Waals surface area contributed by atoms with Crippen LogP contribution in [0.15, 0.2) is 36.5 Å². The molecule has 0 radical (unpaired) electrons. The van der Waals surface area contributed by atoms with Crippen molar-refractivity contribution in [3.63, 3.8) is 0 Å². The molecule has 0 saturated heterocycles. The zero-order chi connectivity index (χ0) is 30.8. The molecule has 0 aliphatic heterocycles. The van der Waals surface area contributed by atoms with Gasteiger partial charge in [-0.2, -0.15) is 0 Å². The molecule has 254 valence electrons. The van der Waals surface area contributed by atoms with E-state index in [1.807, 2.05) is 0 Å². The van der Waals surface area contributed by atoms with Crippen LogP contribution in [0.1, 0.15) is 174 Å². The smallest absolute Gasteiger partial charge is 0.0104 e. The first kappa shape index (κ1) is 34.1. The van der Waals surface area contributed by atoms with Crippen molar-refractivity contribution in [3.05, 3.63) is 36.5 Å². The molecule has 3 atom stereocenters. The molecule has 0 N–H and O–H groups in total. The van der Waals surface area contributed by atoms with Crippen LogP contribution in [-0.2, 0) is 0 Å². The highest BCUT2D eigenvalue weighted by molar-refractivity contribution is 5.02. The molecule has 3 unspecified atom stereocenters. The van der Waals surface area contributed by atoms with Gasteiger partial charge in [0.05, 0.1) is 0 Å². The van der Waals surface area contributed by atoms with Crippen molar-refractivity contribution in [2.75, 3.05) is 0 Å². The third kappa shape index (κ3) is 10.1. The second-order valence-electron chi connectivity index (χ2n) is 17.6. The molecule has 0 heterocycles. The maximum absolute atomic E-state index is 3.20. The van der Waals surface area contributed by atoms with Crippen LogP contribution in [0.25, 0.3) is 0 Å². The topological polar surface area (TPSA) is 3.24 Å². The maximum Gasteiger partial charge on any atom is 0.0104 e. The number of nitrogens with zero attached hydrogens (tertiary/aromatic N) is 1. The lowest BCUT2D eigenvalue weighted by Crippen LogP contribution is -2.53. The summed E-state index contributed by atoms with van der Waals surface area (Å²) >= 11 is 0. The van der Waals surface area contributed by atoms with Crippen molar-refractivity contribution in [1.82, 2.24) is 4.90 Å². The first-order valence-electron chi connectivity index (χ1n) is 20.9. The third-order valence-electron chi connectivity index (χ3n) is 14.4. The highest BCUT2D eigenvalue weighted by Gasteiger charge is 2.39. The first-order valence-corrected chi connectivity index (χ1v) is 20.9. The fourth-order valence-electron chi connectivity index (χ4n) is 11.0. The number of hydrogen-bond acceptors (Lipinski definition) is 1. The third-order valence-corrected chi connectivity index (χ3v) is 14.4. The van der Waals surface area contributed by atoms with Crippen LogP contribution in [0.4, 0.5) is 0 Å². The van der Waals surface area contributed by atoms with Gasteiger partial charge in [0.1, 0.15) is 0 Å². The molecule has 0 amide bonds. The Morgan fingerprint density at radius 2 is 0.622 bits per heavy atom. The van der Waals surface area contributed by atoms with E-state index < -0.39 is 0 Å². The molecule has 6 aliphatic rings. The van der Waals surface area contributed by atoms with Crippen molar-refractivity contribution >= 4 is 0 Å². The number of allylic oxidation sites excluding steroid dienone is 6. The predicted molar refractivity (Wildman–Crippen MR) is 195 cm³/mol. The van der Waals surface area contributed by atoms with Crippen LogP contribution in [0.3, 0.4) is 0 Å². The van der Waals surface area contributed by atoms with Gasteiger partial charge in [0.25, 0.3) is 0 Å². The summed E-state index contributed by atoms with van der Waals surface area (Å²) in [6.07, 6.45) is 52.3. The van der Waals surface area contributed by atoms with E-state index in [1.165, 1.54) is 161 Å². The van der Waals surface area contributed by atoms with Crippen molar-refractivity contribution < 1.29 is 0 Å². The standard InChI is InChI=1S/C44H73N/c1-34-13-28-44(33-35(34)2)45(42-29-24-40(25-30-42)17-15-37-11-7-4-8-12-37)43-31-26-41(27-32-43)23-22-39-20-18-38(19-21-39)16-14-36-9-5-3-6-10-36/h14-17,22-23,34-44H,3-13,18-21,24-33H2,1-2H3. The van der Waals surface area contributed by atoms with Crippen molar-refractivity contribution in [2.45, 2.75) is 192 Å². The zero-order valence-electron chi connectivity index (χ0n) is 29.9. The Labute approximate surface area is 280 Å². The van der Waals surface area contributed by atoms with Crippen LogP contribution >= 0.6 is 0 Å². The largest absolute Gasteiger partial charge is 0.294 e. The molecule has 6 saturated carbocycles. The molecule has 6 rings (SSSR count). The van der Waals surface area contributed by atoms with Gasteiger partial charge in [-0.25, -0.2) is 0 Å². The molecule has 0 spiro atoms. The Morgan fingerprint density at radius 3 is 0.978 bits per heavy atom. The minimum absolute atomic E-state index is 0.845. The lowest BCUT2D eigenvalue weighted by Gasteiger charge is -2.50. The number of hydrogen-bond donors (Lipinski definition) is 0. The highest BCUT2D eigenvalue weighted by Crippen LogP contribution is 2.42. The van der Waals surface area contributed by atoms with Crippen LogP contribution in [0, 0.1) is 47.3 Å². The molecular formula is C44H73N. The van der Waals surface area contributed by atoms with Gasteiger partial charge in [0, 0.05) is 18.1 Å². The minimum atomic E-state index is 0.845. The summed E-state index contributed by atoms with van der Waals surface area (Å²) < 4.78 is 0. The molecule has 1 heteroatoms. The molecule has 45 heavy (non-hydrogen) atoms. The van der Waals surface area contributed by atoms with Crippen molar-refractivity contribution in [3.8, 4) is 0 Å². The lowest BCUT2D eigenvalue weighted by molar-refractivity contribution is -0.00114. The fraction of sp³-hybridized carbons (Fsp3) is 0.864. The van der Waals surface area contributed by atoms with E-state index >= 15 is 0 Å². The van der Waals surface area contributed by atoms with Gasteiger partial charge in [-0.1, -0.05) is 88.8 Å². The van der Waals surface area contributed by atoms with Crippen LogP contribution < -0.4 is 0 Å². The summed E-state index contributed by atoms with van der Waals surface area (Å²) in [5.41, 5.74) is 0. The summed E-state index contributed by atoms with van der Waals surface area (Å²) in [6.45, 7) is 5.08. The highest BCUT2D eigenvalue weighted by atomic mass is 15.2. The summed E-state index contributed by atoms with van der Waals surface area (Å²) in [6, 6.07) is 2.57. The lowest BCUT2D eigenvalue weighted by atomic mass is 9.75. The van der Waals surface area contributed by atoms with Crippen molar-refractivity contribution in [2.24, 2.45) is 47.3 Å². The summed E-state index contributed by atoms with van der Waals surface area (Å²) in [7, 11) is 0. The van der Waals surface area contributed by atoms with Gasteiger partial charge >= 0.3 is 0 Å². The van der Waals surface area contributed by atoms with Crippen LogP contribution in [0.2, 0.25) is 0 Å². The van der Waals surface area contributed by atoms with Gasteiger partial charge in [0.2, 0.25) is 0 Å². The summed E-state index contributed by atoms with van der Waals surface area (Å²) in [4.78, 5) is 3.20. The number of rotatable bonds is 9. The van der Waals surface area contributed by atoms with Gasteiger partial charge in [-0.3, -0.25) is 4.90 Å². The molecular weight excluding hydrogens is 542 g/mol. The minimum Gasteiger partial charge on any atom is -0.294 e. The van der Waals surface area contributed by atoms with Gasteiger partial charge < -0.3 is 0 Å². The Bertz CT molecular complexity index is 909. The SMILES string of the molecule is CC1CCC(N(C2CCC(C=CC3CCCCC3)CC2)C2CCC(C=CC3CCC(C=CC4CCCCC4)CC3)CC2)CC1C. The molecule has 6 aliphatic carbocycles. The summed E-state index contributed by atoms with van der Waals surface area (Å²) in [5, 5.41) is 0. The molecule has 1 nitrogen and oxygen atoms in total. The van der Waals surface area contributed by atoms with Gasteiger partial charge in [0.15, 0.2) is 0 Å². The second-order valence-corrected chi connectivity index (χ2v) is 17.6. The monoisotopic (exact) mass is 616 g/mol. The quantitative estimate of drug-likeness (QED) is 0.233. The Hall–Kier alpha value is -0.820. The Morgan fingerprint density at radius 1 is 0.311 bits per heavy atom. The molecule has 0 aromatic heterocycles. The van der Waals surface area contributed by atoms with E-state index in [4.69, 9.17) is 0 Å². The summed E-state index contributed by atoms with van der Waals surface area (Å²) in [5.74, 6) is 7.04. The zero-order valence-corrected chi connectivity index (χ0v) is 29.9. The van der Waals surface area contributed by atoms with E-state index in [0.29, 0.717) is 0 Å². The maximum atomic E-state index is 3.20. The fourth-order valence-corrected chi connectivity index (χ4v) is 11.0. The second kappa shape index (κ2) is 17.5. The normalized spacial score (nSPS) is 40.2. The average molecular weight is 616 g/mol. The first-order chi connectivity index (χ1) is 22.1. The predicted octanol–water partition coefficient (Wildman–Crippen LogP) is 12.9. The average Bonchev–Trinajstić information content (AvgIpc) is 3.10. The Balaban J connectivity index is 0.971. The van der Waals surface area contributed by atoms with E-state index in [1.54, 1.807) is 0 Å². The van der Waals surface area contributed by atoms with E-state index in [-0.39, 0.29) is 0 Å².